The van der Waals surface area contributed by atoms with Crippen molar-refractivity contribution in [3.05, 3.63) is 100 Å². The van der Waals surface area contributed by atoms with Gasteiger partial charge in [-0.1, -0.05) is 48.0 Å². The molecule has 184 valence electrons. The first-order valence-electron chi connectivity index (χ1n) is 9.96. The first kappa shape index (κ1) is 26.3. The minimum absolute atomic E-state index is 0.0143. The van der Waals surface area contributed by atoms with Gasteiger partial charge in [-0.05, 0) is 36.4 Å². The molecule has 0 aliphatic rings. The van der Waals surface area contributed by atoms with E-state index in [9.17, 15) is 30.8 Å². The molecule has 3 aromatic carbocycles. The second-order valence-corrected chi connectivity index (χ2v) is 9.57. The van der Waals surface area contributed by atoms with E-state index in [1.807, 2.05) is 5.43 Å². The van der Waals surface area contributed by atoms with E-state index in [1.165, 1.54) is 54.6 Å². The van der Waals surface area contributed by atoms with E-state index in [0.29, 0.717) is 0 Å². The van der Waals surface area contributed by atoms with Gasteiger partial charge in [0.1, 0.15) is 5.82 Å². The number of benzene rings is 3. The number of hydrazone groups is 1. The highest BCUT2D eigenvalue weighted by molar-refractivity contribution is 7.89. The van der Waals surface area contributed by atoms with Gasteiger partial charge in [0.05, 0.1) is 23.2 Å². The molecule has 35 heavy (non-hydrogen) atoms. The predicted octanol–water partition coefficient (Wildman–Crippen LogP) is 4.84. The van der Waals surface area contributed by atoms with Crippen molar-refractivity contribution < 1.29 is 30.8 Å². The van der Waals surface area contributed by atoms with E-state index in [0.717, 1.165) is 28.7 Å². The van der Waals surface area contributed by atoms with Crippen LogP contribution in [0.5, 0.6) is 0 Å². The minimum Gasteiger partial charge on any atom is -0.272 e. The van der Waals surface area contributed by atoms with Crippen molar-refractivity contribution in [3.63, 3.8) is 0 Å². The quantitative estimate of drug-likeness (QED) is 0.259. The minimum atomic E-state index is -4.63. The molecule has 0 bridgehead atoms. The molecule has 0 fully saturated rings. The summed E-state index contributed by atoms with van der Waals surface area (Å²) in [7, 11) is -4.28. The number of alkyl halides is 3. The summed E-state index contributed by atoms with van der Waals surface area (Å²) >= 11 is 5.81. The van der Waals surface area contributed by atoms with Crippen LogP contribution in [-0.2, 0) is 27.5 Å². The van der Waals surface area contributed by atoms with Crippen LogP contribution in [-0.4, -0.2) is 31.4 Å². The highest BCUT2D eigenvalue weighted by Gasteiger charge is 2.32. The molecule has 0 aliphatic heterocycles. The molecular formula is C23H18ClF4N3O3S. The lowest BCUT2D eigenvalue weighted by molar-refractivity contribution is -0.137. The monoisotopic (exact) mass is 527 g/mol. The summed E-state index contributed by atoms with van der Waals surface area (Å²) < 4.78 is 80.6. The molecule has 0 heterocycles. The molecule has 0 unspecified atom stereocenters. The highest BCUT2D eigenvalue weighted by atomic mass is 35.5. The molecule has 0 radical (unpaired) electrons. The summed E-state index contributed by atoms with van der Waals surface area (Å²) in [6, 6.07) is 15.2. The van der Waals surface area contributed by atoms with Gasteiger partial charge >= 0.3 is 6.18 Å². The predicted molar refractivity (Wildman–Crippen MR) is 123 cm³/mol. The van der Waals surface area contributed by atoms with Crippen molar-refractivity contribution in [3.8, 4) is 0 Å². The zero-order valence-corrected chi connectivity index (χ0v) is 19.4. The highest BCUT2D eigenvalue weighted by Crippen LogP contribution is 2.31. The van der Waals surface area contributed by atoms with E-state index >= 15 is 0 Å². The molecule has 0 aliphatic carbocycles. The smallest absolute Gasteiger partial charge is 0.272 e. The van der Waals surface area contributed by atoms with Gasteiger partial charge in [-0.2, -0.15) is 22.6 Å². The second kappa shape index (κ2) is 11.0. The number of sulfonamides is 1. The van der Waals surface area contributed by atoms with E-state index in [4.69, 9.17) is 11.6 Å². The van der Waals surface area contributed by atoms with Crippen molar-refractivity contribution in [2.45, 2.75) is 17.6 Å². The van der Waals surface area contributed by atoms with Crippen molar-refractivity contribution >= 4 is 33.7 Å². The van der Waals surface area contributed by atoms with Crippen LogP contribution in [0.4, 0.5) is 17.6 Å². The number of halogens is 5. The third kappa shape index (κ3) is 6.87. The molecule has 1 amide bonds. The van der Waals surface area contributed by atoms with Crippen LogP contribution < -0.4 is 5.43 Å². The molecule has 3 rings (SSSR count). The Bertz CT molecular complexity index is 1330. The summed E-state index contributed by atoms with van der Waals surface area (Å²) in [5, 5.41) is 3.81. The molecular weight excluding hydrogens is 510 g/mol. The molecule has 1 N–H and O–H groups in total. The van der Waals surface area contributed by atoms with Crippen LogP contribution in [0, 0.1) is 5.82 Å². The Balaban J connectivity index is 1.82. The topological polar surface area (TPSA) is 78.8 Å². The van der Waals surface area contributed by atoms with Gasteiger partial charge in [0, 0.05) is 22.7 Å². The Labute approximate surface area is 203 Å². The zero-order valence-electron chi connectivity index (χ0n) is 17.8. The van der Waals surface area contributed by atoms with Gasteiger partial charge in [0.25, 0.3) is 5.91 Å². The Morgan fingerprint density at radius 2 is 1.63 bits per heavy atom. The fraction of sp³-hybridized carbons (Fsp3) is 0.130. The van der Waals surface area contributed by atoms with Crippen LogP contribution >= 0.6 is 11.6 Å². The van der Waals surface area contributed by atoms with E-state index in [1.54, 1.807) is 0 Å². The normalized spacial score (nSPS) is 12.3. The summed E-state index contributed by atoms with van der Waals surface area (Å²) in [6.07, 6.45) is -3.83. The molecule has 0 aromatic heterocycles. The van der Waals surface area contributed by atoms with E-state index < -0.39 is 46.6 Å². The maximum Gasteiger partial charge on any atom is 0.417 e. The number of nitrogens with zero attached hydrogens (tertiary/aromatic N) is 2. The molecule has 0 spiro atoms. The average Bonchev–Trinajstić information content (AvgIpc) is 2.80. The summed E-state index contributed by atoms with van der Waals surface area (Å²) in [5.74, 6) is -1.62. The van der Waals surface area contributed by atoms with Crippen LogP contribution in [0.1, 0.15) is 16.7 Å². The standard InChI is InChI=1S/C23H18ClF4N3O3S/c24-18-9-11-19(12-10-18)35(33,34)31(14-17-6-2-4-8-21(17)25)15-22(32)30-29-13-16-5-1-3-7-20(16)23(26,27)28/h1-13H,14-15H2,(H,30,32)/b29-13-. The van der Waals surface area contributed by atoms with Crippen LogP contribution in [0.15, 0.2) is 82.8 Å². The largest absolute Gasteiger partial charge is 0.417 e. The van der Waals surface area contributed by atoms with Gasteiger partial charge in [-0.3, -0.25) is 4.79 Å². The number of nitrogens with one attached hydrogen (secondary N) is 1. The van der Waals surface area contributed by atoms with E-state index in [2.05, 4.69) is 5.10 Å². The van der Waals surface area contributed by atoms with Crippen LogP contribution in [0.3, 0.4) is 0 Å². The summed E-state index contributed by atoms with van der Waals surface area (Å²) in [6.45, 7) is -1.26. The number of rotatable bonds is 8. The third-order valence-corrected chi connectivity index (χ3v) is 6.79. The molecule has 3 aromatic rings. The number of hydrogen-bond acceptors (Lipinski definition) is 4. The number of carbonyl (C=O) groups is 1. The third-order valence-electron chi connectivity index (χ3n) is 4.73. The zero-order chi connectivity index (χ0) is 25.6. The molecule has 0 saturated heterocycles. The number of amides is 1. The van der Waals surface area contributed by atoms with Gasteiger partial charge in [-0.25, -0.2) is 18.2 Å². The van der Waals surface area contributed by atoms with Crippen molar-refractivity contribution in [1.82, 2.24) is 9.73 Å². The van der Waals surface area contributed by atoms with Crippen molar-refractivity contribution in [2.24, 2.45) is 5.10 Å². The Morgan fingerprint density at radius 3 is 2.29 bits per heavy atom. The number of carbonyl (C=O) groups excluding carboxylic acids is 1. The SMILES string of the molecule is O=C(CN(Cc1ccccc1F)S(=O)(=O)c1ccc(Cl)cc1)N/N=C\c1ccccc1C(F)(F)F. The molecule has 0 atom stereocenters. The first-order chi connectivity index (χ1) is 16.5. The fourth-order valence-corrected chi connectivity index (χ4v) is 4.54. The molecule has 6 nitrogen and oxygen atoms in total. The van der Waals surface area contributed by atoms with Gasteiger partial charge in [0.15, 0.2) is 0 Å². The Morgan fingerprint density at radius 1 is 1.00 bits per heavy atom. The fourth-order valence-electron chi connectivity index (χ4n) is 3.04. The summed E-state index contributed by atoms with van der Waals surface area (Å²) in [4.78, 5) is 12.3. The Kier molecular flexibility index (Phi) is 8.26. The lowest BCUT2D eigenvalue weighted by Gasteiger charge is -2.21. The maximum absolute atomic E-state index is 14.2. The Hall–Kier alpha value is -3.28. The lowest BCUT2D eigenvalue weighted by Crippen LogP contribution is -2.39. The van der Waals surface area contributed by atoms with Crippen molar-refractivity contribution in [2.75, 3.05) is 6.54 Å². The van der Waals surface area contributed by atoms with Gasteiger partial charge in [0.2, 0.25) is 10.0 Å². The maximum atomic E-state index is 14.2. The second-order valence-electron chi connectivity index (χ2n) is 7.20. The van der Waals surface area contributed by atoms with E-state index in [-0.39, 0.29) is 21.0 Å². The summed E-state index contributed by atoms with van der Waals surface area (Å²) in [5.41, 5.74) is 0.782. The molecule has 0 saturated carbocycles. The first-order valence-corrected chi connectivity index (χ1v) is 11.8. The lowest BCUT2D eigenvalue weighted by atomic mass is 10.1. The molecule has 12 heteroatoms. The van der Waals surface area contributed by atoms with Crippen LogP contribution in [0.2, 0.25) is 5.02 Å². The van der Waals surface area contributed by atoms with Gasteiger partial charge in [-0.15, -0.1) is 0 Å². The average molecular weight is 528 g/mol. The number of hydrogen-bond donors (Lipinski definition) is 1. The van der Waals surface area contributed by atoms with Gasteiger partial charge < -0.3 is 0 Å². The van der Waals surface area contributed by atoms with Crippen molar-refractivity contribution in [1.29, 1.82) is 0 Å². The van der Waals surface area contributed by atoms with Crippen LogP contribution in [0.25, 0.3) is 0 Å².